The first-order valence-electron chi connectivity index (χ1n) is 9.18. The first-order valence-corrected chi connectivity index (χ1v) is 10.2. The van der Waals surface area contributed by atoms with E-state index < -0.39 is 0 Å². The number of amides is 1. The van der Waals surface area contributed by atoms with Crippen molar-refractivity contribution >= 4 is 17.7 Å². The zero-order chi connectivity index (χ0) is 20.8. The van der Waals surface area contributed by atoms with Crippen LogP contribution < -0.4 is 10.1 Å². The third-order valence-corrected chi connectivity index (χ3v) is 5.31. The molecule has 0 aliphatic heterocycles. The zero-order valence-corrected chi connectivity index (χ0v) is 17.0. The molecule has 0 bridgehead atoms. The Balaban J connectivity index is 1.40. The van der Waals surface area contributed by atoms with Gasteiger partial charge in [0.1, 0.15) is 11.5 Å². The highest BCUT2D eigenvalue weighted by Gasteiger charge is 2.11. The number of aromatic nitrogens is 4. The number of tetrazole rings is 1. The number of hydrogen-bond donors (Lipinski definition) is 1. The van der Waals surface area contributed by atoms with Crippen LogP contribution in [0.1, 0.15) is 21.7 Å². The van der Waals surface area contributed by atoms with Crippen molar-refractivity contribution in [2.75, 3.05) is 7.11 Å². The lowest BCUT2D eigenvalue weighted by Crippen LogP contribution is -2.22. The summed E-state index contributed by atoms with van der Waals surface area (Å²) in [6.45, 7) is 0.349. The van der Waals surface area contributed by atoms with Gasteiger partial charge < -0.3 is 14.5 Å². The second-order valence-corrected chi connectivity index (χ2v) is 7.26. The predicted octanol–water partition coefficient (Wildman–Crippen LogP) is 3.49. The van der Waals surface area contributed by atoms with Crippen LogP contribution in [0.4, 0.5) is 0 Å². The maximum absolute atomic E-state index is 12.4. The van der Waals surface area contributed by atoms with Gasteiger partial charge in [-0.05, 0) is 64.5 Å². The SMILES string of the molecule is COc1ccc(-n2nnnc2SCc2cccc(C(=O)NCc3ccco3)c2)cc1. The van der Waals surface area contributed by atoms with Gasteiger partial charge in [-0.15, -0.1) is 5.10 Å². The average Bonchev–Trinajstić information content (AvgIpc) is 3.48. The van der Waals surface area contributed by atoms with Crippen molar-refractivity contribution in [3.05, 3.63) is 83.8 Å². The summed E-state index contributed by atoms with van der Waals surface area (Å²) in [4.78, 5) is 12.4. The number of rotatable bonds is 8. The highest BCUT2D eigenvalue weighted by atomic mass is 32.2. The van der Waals surface area contributed by atoms with Gasteiger partial charge in [-0.2, -0.15) is 4.68 Å². The maximum Gasteiger partial charge on any atom is 0.251 e. The molecule has 0 saturated carbocycles. The van der Waals surface area contributed by atoms with E-state index in [2.05, 4.69) is 20.8 Å². The molecule has 0 aliphatic rings. The fraction of sp³-hybridized carbons (Fsp3) is 0.143. The molecule has 0 atom stereocenters. The minimum Gasteiger partial charge on any atom is -0.497 e. The standard InChI is InChI=1S/C21H19N5O3S/c1-28-18-9-7-17(8-10-18)26-21(23-24-25-26)30-14-15-4-2-5-16(12-15)20(27)22-13-19-6-3-11-29-19/h2-12H,13-14H2,1H3,(H,22,27). The largest absolute Gasteiger partial charge is 0.497 e. The monoisotopic (exact) mass is 421 g/mol. The van der Waals surface area contributed by atoms with Gasteiger partial charge in [0.2, 0.25) is 5.16 Å². The number of ether oxygens (including phenoxy) is 1. The fourth-order valence-electron chi connectivity index (χ4n) is 2.79. The van der Waals surface area contributed by atoms with Gasteiger partial charge in [0.05, 0.1) is 25.6 Å². The Morgan fingerprint density at radius 2 is 2.03 bits per heavy atom. The molecule has 30 heavy (non-hydrogen) atoms. The molecule has 0 fully saturated rings. The molecule has 8 nitrogen and oxygen atoms in total. The lowest BCUT2D eigenvalue weighted by molar-refractivity contribution is 0.0948. The second-order valence-electron chi connectivity index (χ2n) is 6.32. The van der Waals surface area contributed by atoms with Crippen LogP contribution in [0.25, 0.3) is 5.69 Å². The van der Waals surface area contributed by atoms with Gasteiger partial charge in [0, 0.05) is 11.3 Å². The molecule has 0 aliphatic carbocycles. The number of hydrogen-bond acceptors (Lipinski definition) is 7. The highest BCUT2D eigenvalue weighted by molar-refractivity contribution is 7.98. The number of carbonyl (C=O) groups is 1. The molecule has 2 aromatic heterocycles. The first kappa shape index (κ1) is 19.7. The van der Waals surface area contributed by atoms with Crippen molar-refractivity contribution in [2.45, 2.75) is 17.5 Å². The number of nitrogens with zero attached hydrogens (tertiary/aromatic N) is 4. The van der Waals surface area contributed by atoms with E-state index in [1.807, 2.05) is 48.5 Å². The molecular weight excluding hydrogens is 402 g/mol. The molecule has 0 saturated heterocycles. The summed E-state index contributed by atoms with van der Waals surface area (Å²) < 4.78 is 12.1. The van der Waals surface area contributed by atoms with Gasteiger partial charge in [-0.1, -0.05) is 23.9 Å². The highest BCUT2D eigenvalue weighted by Crippen LogP contribution is 2.24. The summed E-state index contributed by atoms with van der Waals surface area (Å²) in [6, 6.07) is 18.6. The van der Waals surface area contributed by atoms with Crippen LogP contribution in [0.3, 0.4) is 0 Å². The number of methoxy groups -OCH3 is 1. The number of thioether (sulfide) groups is 1. The van der Waals surface area contributed by atoms with Crippen LogP contribution >= 0.6 is 11.8 Å². The van der Waals surface area contributed by atoms with Crippen molar-refractivity contribution in [1.29, 1.82) is 0 Å². The average molecular weight is 421 g/mol. The van der Waals surface area contributed by atoms with E-state index in [1.165, 1.54) is 11.8 Å². The van der Waals surface area contributed by atoms with Crippen molar-refractivity contribution in [2.24, 2.45) is 0 Å². The van der Waals surface area contributed by atoms with E-state index >= 15 is 0 Å². The van der Waals surface area contributed by atoms with E-state index in [0.717, 1.165) is 17.0 Å². The van der Waals surface area contributed by atoms with Crippen molar-refractivity contribution < 1.29 is 13.9 Å². The molecule has 1 N–H and O–H groups in total. The molecule has 0 radical (unpaired) electrons. The van der Waals surface area contributed by atoms with E-state index in [9.17, 15) is 4.79 Å². The van der Waals surface area contributed by atoms with E-state index in [4.69, 9.17) is 9.15 Å². The molecule has 2 heterocycles. The molecule has 4 aromatic rings. The van der Waals surface area contributed by atoms with Crippen LogP contribution in [-0.4, -0.2) is 33.2 Å². The molecule has 9 heteroatoms. The number of benzene rings is 2. The van der Waals surface area contributed by atoms with E-state index in [1.54, 1.807) is 30.2 Å². The van der Waals surface area contributed by atoms with Crippen LogP contribution in [0, 0.1) is 0 Å². The van der Waals surface area contributed by atoms with Crippen LogP contribution in [0.15, 0.2) is 76.5 Å². The van der Waals surface area contributed by atoms with Gasteiger partial charge in [0.15, 0.2) is 0 Å². The lowest BCUT2D eigenvalue weighted by Gasteiger charge is -2.07. The number of carbonyl (C=O) groups excluding carboxylic acids is 1. The predicted molar refractivity (Wildman–Crippen MR) is 112 cm³/mol. The quantitative estimate of drug-likeness (QED) is 0.435. The van der Waals surface area contributed by atoms with Gasteiger partial charge in [-0.25, -0.2) is 0 Å². The van der Waals surface area contributed by atoms with Gasteiger partial charge in [-0.3, -0.25) is 4.79 Å². The van der Waals surface area contributed by atoms with Crippen molar-refractivity contribution in [1.82, 2.24) is 25.5 Å². The summed E-state index contributed by atoms with van der Waals surface area (Å²) in [6.07, 6.45) is 1.58. The molecule has 152 valence electrons. The first-order chi connectivity index (χ1) is 14.7. The van der Waals surface area contributed by atoms with E-state index in [0.29, 0.717) is 28.8 Å². The molecule has 0 unspecified atom stereocenters. The van der Waals surface area contributed by atoms with Gasteiger partial charge in [0.25, 0.3) is 5.91 Å². The topological polar surface area (TPSA) is 95.1 Å². The Kier molecular flexibility index (Phi) is 6.09. The Hall–Kier alpha value is -3.59. The summed E-state index contributed by atoms with van der Waals surface area (Å²) in [5, 5.41) is 15.5. The Morgan fingerprint density at radius 1 is 1.17 bits per heavy atom. The lowest BCUT2D eigenvalue weighted by atomic mass is 10.1. The normalized spacial score (nSPS) is 10.7. The Morgan fingerprint density at radius 3 is 2.80 bits per heavy atom. The van der Waals surface area contributed by atoms with Gasteiger partial charge >= 0.3 is 0 Å². The third kappa shape index (κ3) is 4.69. The van der Waals surface area contributed by atoms with Crippen molar-refractivity contribution in [3.8, 4) is 11.4 Å². The Bertz CT molecular complexity index is 1110. The van der Waals surface area contributed by atoms with Crippen molar-refractivity contribution in [3.63, 3.8) is 0 Å². The molecule has 0 spiro atoms. The summed E-state index contributed by atoms with van der Waals surface area (Å²) in [5.41, 5.74) is 2.43. The van der Waals surface area contributed by atoms with Crippen LogP contribution in [0.2, 0.25) is 0 Å². The zero-order valence-electron chi connectivity index (χ0n) is 16.2. The van der Waals surface area contributed by atoms with Crippen LogP contribution in [0.5, 0.6) is 5.75 Å². The maximum atomic E-state index is 12.4. The molecule has 4 rings (SSSR count). The van der Waals surface area contributed by atoms with Crippen LogP contribution in [-0.2, 0) is 12.3 Å². The van der Waals surface area contributed by atoms with E-state index in [-0.39, 0.29) is 5.91 Å². The molecule has 2 aromatic carbocycles. The minimum absolute atomic E-state index is 0.152. The summed E-state index contributed by atoms with van der Waals surface area (Å²) in [7, 11) is 1.62. The number of nitrogens with one attached hydrogen (secondary N) is 1. The Labute approximate surface area is 177 Å². The molecular formula is C21H19N5O3S. The molecule has 1 amide bonds. The fourth-order valence-corrected chi connectivity index (χ4v) is 3.62. The minimum atomic E-state index is -0.152. The smallest absolute Gasteiger partial charge is 0.251 e. The summed E-state index contributed by atoms with van der Waals surface area (Å²) in [5.74, 6) is 1.94. The third-order valence-electron chi connectivity index (χ3n) is 4.32. The number of furan rings is 1. The summed E-state index contributed by atoms with van der Waals surface area (Å²) >= 11 is 1.49. The second kappa shape index (κ2) is 9.27.